The molecule has 0 bridgehead atoms. The van der Waals surface area contributed by atoms with E-state index in [2.05, 4.69) is 81.2 Å². The van der Waals surface area contributed by atoms with E-state index in [4.69, 9.17) is 4.98 Å². The lowest BCUT2D eigenvalue weighted by molar-refractivity contribution is 0.437. The first kappa shape index (κ1) is 21.7. The van der Waals surface area contributed by atoms with Crippen molar-refractivity contribution < 1.29 is 0 Å². The summed E-state index contributed by atoms with van der Waals surface area (Å²) in [4.78, 5) is 9.33. The van der Waals surface area contributed by atoms with Crippen LogP contribution in [0.4, 0.5) is 0 Å². The lowest BCUT2D eigenvalue weighted by atomic mass is 9.89. The zero-order chi connectivity index (χ0) is 21.8. The van der Waals surface area contributed by atoms with Gasteiger partial charge in [-0.3, -0.25) is 9.97 Å². The first-order valence-corrected chi connectivity index (χ1v) is 11.9. The van der Waals surface area contributed by atoms with Gasteiger partial charge in [0.2, 0.25) is 0 Å². The van der Waals surface area contributed by atoms with Crippen LogP contribution in [-0.4, -0.2) is 9.97 Å². The molecule has 3 atom stereocenters. The lowest BCUT2D eigenvalue weighted by Crippen LogP contribution is -2.12. The van der Waals surface area contributed by atoms with Crippen LogP contribution in [0, 0.1) is 11.8 Å². The van der Waals surface area contributed by atoms with Crippen LogP contribution < -0.4 is 0 Å². The van der Waals surface area contributed by atoms with Crippen LogP contribution in [0.3, 0.4) is 0 Å². The highest BCUT2D eigenvalue weighted by molar-refractivity contribution is 5.31. The van der Waals surface area contributed by atoms with Gasteiger partial charge in [0.1, 0.15) is 0 Å². The van der Waals surface area contributed by atoms with Gasteiger partial charge in [-0.1, -0.05) is 58.0 Å². The van der Waals surface area contributed by atoms with E-state index < -0.39 is 0 Å². The van der Waals surface area contributed by atoms with Crippen LogP contribution in [0.15, 0.2) is 67.0 Å². The van der Waals surface area contributed by atoms with Gasteiger partial charge in [-0.2, -0.15) is 0 Å². The van der Waals surface area contributed by atoms with Gasteiger partial charge in [0.15, 0.2) is 0 Å². The van der Waals surface area contributed by atoms with Crippen molar-refractivity contribution in [2.75, 3.05) is 0 Å². The second-order valence-corrected chi connectivity index (χ2v) is 9.99. The number of rotatable bonds is 9. The van der Waals surface area contributed by atoms with Crippen molar-refractivity contribution in [2.24, 2.45) is 11.8 Å². The van der Waals surface area contributed by atoms with Gasteiger partial charge in [0, 0.05) is 23.8 Å². The summed E-state index contributed by atoms with van der Waals surface area (Å²) < 4.78 is 0. The minimum Gasteiger partial charge on any atom is -0.261 e. The summed E-state index contributed by atoms with van der Waals surface area (Å²) in [6.45, 7) is 9.03. The van der Waals surface area contributed by atoms with Crippen molar-refractivity contribution in [3.05, 3.63) is 95.1 Å². The van der Waals surface area contributed by atoms with E-state index in [1.54, 1.807) is 0 Å². The molecule has 1 aromatic carbocycles. The molecule has 4 rings (SSSR count). The number of nitrogens with zero attached hydrogens (tertiary/aromatic N) is 2. The van der Waals surface area contributed by atoms with Gasteiger partial charge >= 0.3 is 0 Å². The van der Waals surface area contributed by atoms with Gasteiger partial charge < -0.3 is 0 Å². The maximum atomic E-state index is 4.71. The molecule has 0 N–H and O–H groups in total. The Bertz CT molecular complexity index is 960. The number of aromatic nitrogens is 2. The molecule has 1 aliphatic rings. The molecule has 0 saturated heterocycles. The molecule has 0 radical (unpaired) electrons. The number of benzene rings is 1. The summed E-state index contributed by atoms with van der Waals surface area (Å²) >= 11 is 0. The van der Waals surface area contributed by atoms with E-state index in [-0.39, 0.29) is 0 Å². The summed E-state index contributed by atoms with van der Waals surface area (Å²) in [7, 11) is 0. The summed E-state index contributed by atoms with van der Waals surface area (Å²) in [6.07, 6.45) is 8.54. The third kappa shape index (κ3) is 5.81. The topological polar surface area (TPSA) is 25.8 Å². The van der Waals surface area contributed by atoms with Crippen molar-refractivity contribution in [2.45, 2.75) is 71.1 Å². The fourth-order valence-corrected chi connectivity index (χ4v) is 4.79. The Morgan fingerprint density at radius 1 is 0.774 bits per heavy atom. The first-order valence-electron chi connectivity index (χ1n) is 11.9. The highest BCUT2D eigenvalue weighted by Crippen LogP contribution is 2.51. The predicted molar refractivity (Wildman–Crippen MR) is 129 cm³/mol. The molecule has 1 aliphatic carbocycles. The molecule has 3 unspecified atom stereocenters. The fourth-order valence-electron chi connectivity index (χ4n) is 4.79. The number of hydrogen-bond donors (Lipinski definition) is 0. The van der Waals surface area contributed by atoms with Crippen LogP contribution in [0.2, 0.25) is 0 Å². The lowest BCUT2D eigenvalue weighted by Gasteiger charge is -2.17. The summed E-state index contributed by atoms with van der Waals surface area (Å²) in [5.41, 5.74) is 6.77. The zero-order valence-electron chi connectivity index (χ0n) is 19.5. The van der Waals surface area contributed by atoms with Gasteiger partial charge in [-0.15, -0.1) is 0 Å². The van der Waals surface area contributed by atoms with Gasteiger partial charge in [-0.05, 0) is 96.2 Å². The van der Waals surface area contributed by atoms with Crippen molar-refractivity contribution >= 4 is 0 Å². The molecule has 0 aliphatic heterocycles. The molecule has 3 aromatic rings. The van der Waals surface area contributed by atoms with Crippen molar-refractivity contribution in [1.82, 2.24) is 9.97 Å². The van der Waals surface area contributed by atoms with Crippen LogP contribution >= 0.6 is 0 Å². The van der Waals surface area contributed by atoms with E-state index in [9.17, 15) is 0 Å². The summed E-state index contributed by atoms with van der Waals surface area (Å²) in [5, 5.41) is 0. The maximum Gasteiger partial charge on any atom is 0.0409 e. The Labute approximate surface area is 188 Å². The molecule has 31 heavy (non-hydrogen) atoms. The average molecular weight is 413 g/mol. The van der Waals surface area contributed by atoms with Crippen LogP contribution in [0.1, 0.15) is 86.4 Å². The van der Waals surface area contributed by atoms with Crippen LogP contribution in [0.5, 0.6) is 0 Å². The number of hydrogen-bond acceptors (Lipinski definition) is 2. The molecule has 2 aromatic heterocycles. The molecule has 1 saturated carbocycles. The van der Waals surface area contributed by atoms with E-state index >= 15 is 0 Å². The number of pyridine rings is 2. The molecular formula is C29H36N2. The third-order valence-electron chi connectivity index (χ3n) is 6.82. The van der Waals surface area contributed by atoms with E-state index in [1.165, 1.54) is 40.9 Å². The average Bonchev–Trinajstić information content (AvgIpc) is 3.53. The minimum absolute atomic E-state index is 0.539. The first-order chi connectivity index (χ1) is 15.0. The largest absolute Gasteiger partial charge is 0.261 e. The fraction of sp³-hybridized carbons (Fsp3) is 0.448. The van der Waals surface area contributed by atoms with Gasteiger partial charge in [0.05, 0.1) is 0 Å². The molecule has 1 fully saturated rings. The van der Waals surface area contributed by atoms with Gasteiger partial charge in [-0.25, -0.2) is 0 Å². The van der Waals surface area contributed by atoms with Crippen LogP contribution in [0.25, 0.3) is 0 Å². The van der Waals surface area contributed by atoms with Gasteiger partial charge in [0.25, 0.3) is 0 Å². The van der Waals surface area contributed by atoms with Crippen molar-refractivity contribution in [1.29, 1.82) is 0 Å². The standard InChI is InChI=1S/C29H36N2/c1-20(2)23-8-10-24(11-9-23)29-19-26(29)15-22(16-27-7-5-6-13-30-27)17-28-18-25(21(3)4)12-14-31-28/h5-14,18,20-22,26,29H,15-17,19H2,1-4H3. The zero-order valence-corrected chi connectivity index (χ0v) is 19.5. The summed E-state index contributed by atoms with van der Waals surface area (Å²) in [5.74, 6) is 3.22. The molecule has 2 heterocycles. The van der Waals surface area contributed by atoms with E-state index in [0.717, 1.165) is 24.7 Å². The summed E-state index contributed by atoms with van der Waals surface area (Å²) in [6, 6.07) is 20.1. The van der Waals surface area contributed by atoms with Crippen molar-refractivity contribution in [3.8, 4) is 0 Å². The Hall–Kier alpha value is -2.48. The second kappa shape index (κ2) is 9.77. The quantitative estimate of drug-likeness (QED) is 0.368. The minimum atomic E-state index is 0.539. The molecule has 0 amide bonds. The van der Waals surface area contributed by atoms with E-state index in [1.807, 2.05) is 18.5 Å². The molecule has 162 valence electrons. The molecule has 2 heteroatoms. The monoisotopic (exact) mass is 412 g/mol. The second-order valence-electron chi connectivity index (χ2n) is 9.99. The van der Waals surface area contributed by atoms with Crippen molar-refractivity contribution in [3.63, 3.8) is 0 Å². The van der Waals surface area contributed by atoms with Crippen LogP contribution in [-0.2, 0) is 12.8 Å². The Kier molecular flexibility index (Phi) is 6.85. The highest BCUT2D eigenvalue weighted by atomic mass is 14.7. The molecule has 2 nitrogen and oxygen atoms in total. The SMILES string of the molecule is CC(C)c1ccc(C2CC2CC(Cc2ccccn2)Cc2cc(C(C)C)ccn2)cc1. The normalized spacial score (nSPS) is 19.0. The van der Waals surface area contributed by atoms with E-state index in [0.29, 0.717) is 17.8 Å². The predicted octanol–water partition coefficient (Wildman–Crippen LogP) is 7.32. The maximum absolute atomic E-state index is 4.71. The third-order valence-corrected chi connectivity index (χ3v) is 6.82. The highest BCUT2D eigenvalue weighted by Gasteiger charge is 2.39. The molecular weight excluding hydrogens is 376 g/mol. The Morgan fingerprint density at radius 2 is 1.48 bits per heavy atom. The smallest absolute Gasteiger partial charge is 0.0409 e. The Morgan fingerprint density at radius 3 is 2.16 bits per heavy atom. The Balaban J connectivity index is 1.45. The molecule has 0 spiro atoms.